The molecule has 1 aliphatic heterocycles. The zero-order chi connectivity index (χ0) is 24.1. The molecule has 1 heterocycles. The van der Waals surface area contributed by atoms with Crippen LogP contribution in [0.2, 0.25) is 0 Å². The second-order valence-electron chi connectivity index (χ2n) is 11.8. The lowest BCUT2D eigenvalue weighted by Crippen LogP contribution is -2.61. The van der Waals surface area contributed by atoms with Gasteiger partial charge in [0.2, 0.25) is 11.8 Å². The van der Waals surface area contributed by atoms with Gasteiger partial charge in [-0.2, -0.15) is 0 Å². The molecule has 4 atom stereocenters. The first kappa shape index (κ1) is 23.6. The molecule has 6 rings (SSSR count). The van der Waals surface area contributed by atoms with E-state index in [4.69, 9.17) is 4.74 Å². The van der Waals surface area contributed by atoms with Crippen molar-refractivity contribution < 1.29 is 23.8 Å². The van der Waals surface area contributed by atoms with Gasteiger partial charge in [0.05, 0.1) is 12.7 Å². The van der Waals surface area contributed by atoms with Gasteiger partial charge in [0.1, 0.15) is 0 Å². The quantitative estimate of drug-likeness (QED) is 0.539. The fourth-order valence-corrected chi connectivity index (χ4v) is 8.00. The summed E-state index contributed by atoms with van der Waals surface area (Å²) in [4.78, 5) is 25.2. The predicted octanol–water partition coefficient (Wildman–Crippen LogP) is 3.64. The Kier molecular flexibility index (Phi) is 5.90. The van der Waals surface area contributed by atoms with Crippen LogP contribution in [0.1, 0.15) is 76.7 Å². The van der Waals surface area contributed by atoms with Crippen LogP contribution in [0.25, 0.3) is 0 Å². The number of carbonyl (C=O) groups is 2. The Hall–Kier alpha value is -2.15. The number of methoxy groups -OCH3 is 1. The Morgan fingerprint density at radius 2 is 2.03 bits per heavy atom. The summed E-state index contributed by atoms with van der Waals surface area (Å²) in [7, 11) is 1.43. The second kappa shape index (κ2) is 8.51. The highest BCUT2D eigenvalue weighted by Gasteiger charge is 2.59. The van der Waals surface area contributed by atoms with Crippen molar-refractivity contribution in [3.63, 3.8) is 0 Å². The maximum Gasteiger partial charge on any atom is 0.220 e. The number of hydrogen-bond donors (Lipinski definition) is 3. The van der Waals surface area contributed by atoms with Crippen molar-refractivity contribution >= 4 is 11.8 Å². The van der Waals surface area contributed by atoms with Gasteiger partial charge in [-0.1, -0.05) is 6.07 Å². The molecule has 2 amide bonds. The highest BCUT2D eigenvalue weighted by atomic mass is 19.1. The van der Waals surface area contributed by atoms with Crippen LogP contribution in [0.5, 0.6) is 5.75 Å². The van der Waals surface area contributed by atoms with Gasteiger partial charge in [0, 0.05) is 24.4 Å². The largest absolute Gasteiger partial charge is 0.494 e. The van der Waals surface area contributed by atoms with Crippen LogP contribution in [0.3, 0.4) is 0 Å². The van der Waals surface area contributed by atoms with Crippen LogP contribution in [-0.4, -0.2) is 41.2 Å². The van der Waals surface area contributed by atoms with Crippen molar-refractivity contribution in [2.24, 2.45) is 17.3 Å². The van der Waals surface area contributed by atoms with Crippen LogP contribution in [0.4, 0.5) is 4.39 Å². The van der Waals surface area contributed by atoms with Gasteiger partial charge >= 0.3 is 0 Å². The van der Waals surface area contributed by atoms with E-state index in [9.17, 15) is 19.1 Å². The summed E-state index contributed by atoms with van der Waals surface area (Å²) in [6.45, 7) is 2.10. The maximum atomic E-state index is 13.8. The zero-order valence-electron chi connectivity index (χ0n) is 20.3. The summed E-state index contributed by atoms with van der Waals surface area (Å²) in [5.74, 6) is 0.905. The van der Waals surface area contributed by atoms with E-state index in [2.05, 4.69) is 17.6 Å². The van der Waals surface area contributed by atoms with E-state index >= 15 is 0 Å². The van der Waals surface area contributed by atoms with Gasteiger partial charge in [0.25, 0.3) is 0 Å². The zero-order valence-corrected chi connectivity index (χ0v) is 20.3. The van der Waals surface area contributed by atoms with E-state index in [0.29, 0.717) is 43.9 Å². The summed E-state index contributed by atoms with van der Waals surface area (Å²) in [6, 6.07) is 4.78. The SMILES string of the molecule is COc1cc(C[C@@]2(CCC(=O)N[C@@H](C)C34C[C@@H]5C[C@H](CC(O)(C5)C3)C4)CCC(=O)N2)ccc1F. The molecule has 0 unspecified atom stereocenters. The highest BCUT2D eigenvalue weighted by Crippen LogP contribution is 2.62. The summed E-state index contributed by atoms with van der Waals surface area (Å²) in [5, 5.41) is 17.4. The Morgan fingerprint density at radius 3 is 2.65 bits per heavy atom. The molecule has 5 aliphatic rings. The second-order valence-corrected chi connectivity index (χ2v) is 11.8. The Morgan fingerprint density at radius 1 is 1.29 bits per heavy atom. The minimum atomic E-state index is -0.544. The molecule has 34 heavy (non-hydrogen) atoms. The minimum absolute atomic E-state index is 0.00157. The van der Waals surface area contributed by atoms with Gasteiger partial charge in [-0.15, -0.1) is 0 Å². The number of ether oxygens (including phenoxy) is 1. The van der Waals surface area contributed by atoms with E-state index in [-0.39, 0.29) is 29.0 Å². The molecule has 4 bridgehead atoms. The molecule has 1 aromatic rings. The molecule has 1 aromatic carbocycles. The number of carbonyl (C=O) groups excluding carboxylic acids is 2. The maximum absolute atomic E-state index is 13.8. The average Bonchev–Trinajstić information content (AvgIpc) is 3.12. The van der Waals surface area contributed by atoms with Gasteiger partial charge < -0.3 is 20.5 Å². The third-order valence-electron chi connectivity index (χ3n) is 9.20. The number of nitrogens with one attached hydrogen (secondary N) is 2. The van der Waals surface area contributed by atoms with Gasteiger partial charge in [-0.3, -0.25) is 9.59 Å². The third-order valence-corrected chi connectivity index (χ3v) is 9.20. The number of halogens is 1. The molecule has 7 heteroatoms. The smallest absolute Gasteiger partial charge is 0.220 e. The topological polar surface area (TPSA) is 87.7 Å². The lowest BCUT2D eigenvalue weighted by Gasteiger charge is -2.62. The molecule has 4 saturated carbocycles. The number of benzene rings is 1. The van der Waals surface area contributed by atoms with Crippen molar-refractivity contribution in [3.05, 3.63) is 29.6 Å². The molecular formula is C27H37FN2O4. The fourth-order valence-electron chi connectivity index (χ4n) is 8.00. The summed E-state index contributed by atoms with van der Waals surface area (Å²) in [5.41, 5.74) is -0.192. The van der Waals surface area contributed by atoms with Gasteiger partial charge in [-0.05, 0) is 99.7 Å². The van der Waals surface area contributed by atoms with Crippen LogP contribution in [-0.2, 0) is 16.0 Å². The lowest BCUT2D eigenvalue weighted by molar-refractivity contribution is -0.173. The fraction of sp³-hybridized carbons (Fsp3) is 0.704. The van der Waals surface area contributed by atoms with Crippen LogP contribution in [0.15, 0.2) is 18.2 Å². The number of aliphatic hydroxyl groups is 1. The van der Waals surface area contributed by atoms with Crippen molar-refractivity contribution in [3.8, 4) is 5.75 Å². The third kappa shape index (κ3) is 4.43. The minimum Gasteiger partial charge on any atom is -0.494 e. The molecular weight excluding hydrogens is 435 g/mol. The molecule has 5 fully saturated rings. The van der Waals surface area contributed by atoms with E-state index in [1.807, 2.05) is 0 Å². The molecule has 186 valence electrons. The number of rotatable bonds is 8. The molecule has 4 aliphatic carbocycles. The summed E-state index contributed by atoms with van der Waals surface area (Å²) >= 11 is 0. The first-order valence-electron chi connectivity index (χ1n) is 12.8. The van der Waals surface area contributed by atoms with E-state index in [1.54, 1.807) is 12.1 Å². The van der Waals surface area contributed by atoms with Crippen molar-refractivity contribution in [2.75, 3.05) is 7.11 Å². The molecule has 0 spiro atoms. The molecule has 0 aromatic heterocycles. The summed E-state index contributed by atoms with van der Waals surface area (Å²) < 4.78 is 19.0. The Bertz CT molecular complexity index is 967. The highest BCUT2D eigenvalue weighted by molar-refractivity contribution is 5.80. The van der Waals surface area contributed by atoms with E-state index < -0.39 is 17.0 Å². The van der Waals surface area contributed by atoms with Gasteiger partial charge in [0.15, 0.2) is 11.6 Å². The number of amides is 2. The average molecular weight is 473 g/mol. The predicted molar refractivity (Wildman–Crippen MR) is 126 cm³/mol. The van der Waals surface area contributed by atoms with Crippen molar-refractivity contribution in [1.29, 1.82) is 0 Å². The van der Waals surface area contributed by atoms with Crippen LogP contribution < -0.4 is 15.4 Å². The Labute approximate surface area is 201 Å². The van der Waals surface area contributed by atoms with Gasteiger partial charge in [-0.25, -0.2) is 4.39 Å². The van der Waals surface area contributed by atoms with Crippen LogP contribution >= 0.6 is 0 Å². The molecule has 0 radical (unpaired) electrons. The van der Waals surface area contributed by atoms with E-state index in [1.165, 1.54) is 19.6 Å². The molecule has 1 saturated heterocycles. The van der Waals surface area contributed by atoms with Crippen LogP contribution in [0, 0.1) is 23.1 Å². The van der Waals surface area contributed by atoms with Crippen molar-refractivity contribution in [1.82, 2.24) is 10.6 Å². The normalized spacial score (nSPS) is 36.9. The first-order chi connectivity index (χ1) is 16.1. The Balaban J connectivity index is 1.23. The monoisotopic (exact) mass is 472 g/mol. The van der Waals surface area contributed by atoms with Crippen molar-refractivity contribution in [2.45, 2.75) is 94.7 Å². The first-order valence-corrected chi connectivity index (χ1v) is 12.8. The lowest BCUT2D eigenvalue weighted by atomic mass is 9.46. The standard InChI is InChI=1S/C27H37FN2O4/c1-17(25-11-19-9-20(12-25)15-27(33,14-19)16-25)29-23(31)5-7-26(8-6-24(32)30-26)13-18-3-4-21(28)22(10-18)34-2/h3-4,10,17,19-20,33H,5-9,11-16H2,1-2H3,(H,29,31)(H,30,32)/t17-,19-,20-,25?,26+,27?/m0/s1. The molecule has 3 N–H and O–H groups in total. The summed E-state index contributed by atoms with van der Waals surface area (Å²) in [6.07, 6.45) is 8.50. The molecule has 6 nitrogen and oxygen atoms in total. The van der Waals surface area contributed by atoms with E-state index in [0.717, 1.165) is 37.7 Å². The number of hydrogen-bond acceptors (Lipinski definition) is 4.